The molecule has 166 valence electrons. The molecule has 1 N–H and O–H groups in total. The molecule has 1 aliphatic heterocycles. The van der Waals surface area contributed by atoms with Crippen molar-refractivity contribution in [1.82, 2.24) is 9.80 Å². The molecule has 0 radical (unpaired) electrons. The number of rotatable bonds is 8. The molecule has 1 aromatic heterocycles. The second-order valence-corrected chi connectivity index (χ2v) is 8.48. The Labute approximate surface area is 182 Å². The second-order valence-electron chi connectivity index (χ2n) is 8.48. The summed E-state index contributed by atoms with van der Waals surface area (Å²) in [7, 11) is 3.79. The van der Waals surface area contributed by atoms with Crippen LogP contribution in [0, 0.1) is 12.8 Å². The maximum absolute atomic E-state index is 13.0. The largest absolute Gasteiger partial charge is 0.507 e. The first-order valence-corrected chi connectivity index (χ1v) is 10.4. The van der Waals surface area contributed by atoms with E-state index in [4.69, 9.17) is 9.15 Å². The number of furan rings is 1. The summed E-state index contributed by atoms with van der Waals surface area (Å²) in [6.07, 6.45) is 0. The van der Waals surface area contributed by atoms with Gasteiger partial charge in [-0.15, -0.1) is 0 Å². The van der Waals surface area contributed by atoms with Gasteiger partial charge in [-0.1, -0.05) is 26.0 Å². The van der Waals surface area contributed by atoms with Gasteiger partial charge in [0.25, 0.3) is 11.7 Å². The first kappa shape index (κ1) is 22.6. The Kier molecular flexibility index (Phi) is 6.85. The summed E-state index contributed by atoms with van der Waals surface area (Å²) in [4.78, 5) is 29.2. The summed E-state index contributed by atoms with van der Waals surface area (Å²) in [6, 6.07) is 9.64. The number of likely N-dealkylation sites (tertiary alicyclic amines) is 1. The number of benzene rings is 1. The number of hydrogen-bond donors (Lipinski definition) is 1. The van der Waals surface area contributed by atoms with Gasteiger partial charge in [-0.25, -0.2) is 0 Å². The van der Waals surface area contributed by atoms with Gasteiger partial charge in [0.05, 0.1) is 12.2 Å². The predicted octanol–water partition coefficient (Wildman–Crippen LogP) is 3.61. The van der Waals surface area contributed by atoms with Crippen molar-refractivity contribution in [2.75, 3.05) is 33.8 Å². The van der Waals surface area contributed by atoms with Gasteiger partial charge in [0.15, 0.2) is 0 Å². The number of aliphatic hydroxyl groups excluding tert-OH is 1. The minimum absolute atomic E-state index is 0.0270. The molecule has 0 saturated carbocycles. The lowest BCUT2D eigenvalue weighted by Gasteiger charge is -2.24. The lowest BCUT2D eigenvalue weighted by atomic mass is 9.99. The van der Waals surface area contributed by atoms with Gasteiger partial charge < -0.3 is 24.1 Å². The van der Waals surface area contributed by atoms with Crippen LogP contribution < -0.4 is 4.74 Å². The molecule has 1 unspecified atom stereocenters. The lowest BCUT2D eigenvalue weighted by molar-refractivity contribution is -0.140. The normalized spacial score (nSPS) is 18.4. The van der Waals surface area contributed by atoms with Crippen LogP contribution in [0.15, 0.2) is 46.4 Å². The number of Topliss-reactive ketones (excluding diaryl/α,β-unsaturated/α-hetero) is 1. The van der Waals surface area contributed by atoms with Crippen molar-refractivity contribution in [3.05, 3.63) is 59.1 Å². The molecule has 1 amide bonds. The zero-order valence-corrected chi connectivity index (χ0v) is 18.7. The zero-order chi connectivity index (χ0) is 22.7. The molecule has 1 atom stereocenters. The van der Waals surface area contributed by atoms with E-state index in [2.05, 4.69) is 0 Å². The summed E-state index contributed by atoms with van der Waals surface area (Å²) in [5, 5.41) is 11.1. The monoisotopic (exact) mass is 426 g/mol. The molecular weight excluding hydrogens is 396 g/mol. The van der Waals surface area contributed by atoms with Crippen LogP contribution in [-0.4, -0.2) is 60.4 Å². The highest BCUT2D eigenvalue weighted by molar-refractivity contribution is 6.46. The Morgan fingerprint density at radius 1 is 1.23 bits per heavy atom. The van der Waals surface area contributed by atoms with Crippen LogP contribution in [0.25, 0.3) is 5.76 Å². The van der Waals surface area contributed by atoms with Crippen molar-refractivity contribution in [3.63, 3.8) is 0 Å². The topological polar surface area (TPSA) is 83.2 Å². The van der Waals surface area contributed by atoms with E-state index in [-0.39, 0.29) is 11.3 Å². The Morgan fingerprint density at radius 2 is 1.97 bits per heavy atom. The van der Waals surface area contributed by atoms with Gasteiger partial charge in [0, 0.05) is 18.7 Å². The van der Waals surface area contributed by atoms with Crippen LogP contribution >= 0.6 is 0 Å². The number of hydrogen-bond acceptors (Lipinski definition) is 6. The first-order chi connectivity index (χ1) is 14.7. The zero-order valence-electron chi connectivity index (χ0n) is 18.7. The number of likely N-dealkylation sites (N-methyl/N-ethyl adjacent to an activating group) is 1. The van der Waals surface area contributed by atoms with E-state index in [1.807, 2.05) is 32.8 Å². The van der Waals surface area contributed by atoms with Crippen LogP contribution in [0.4, 0.5) is 0 Å². The fraction of sp³-hybridized carbons (Fsp3) is 0.417. The maximum atomic E-state index is 13.0. The van der Waals surface area contributed by atoms with Crippen molar-refractivity contribution in [3.8, 4) is 5.75 Å². The number of ether oxygens (including phenoxy) is 1. The van der Waals surface area contributed by atoms with Crippen molar-refractivity contribution in [1.29, 1.82) is 0 Å². The number of aliphatic hydroxyl groups is 1. The number of nitrogens with zero attached hydrogens (tertiary/aromatic N) is 2. The highest BCUT2D eigenvalue weighted by Gasteiger charge is 2.47. The molecule has 2 aromatic rings. The summed E-state index contributed by atoms with van der Waals surface area (Å²) >= 11 is 0. The van der Waals surface area contributed by atoms with Gasteiger partial charge in [0.1, 0.15) is 29.1 Å². The molecule has 1 aromatic carbocycles. The molecule has 7 heteroatoms. The molecule has 0 aliphatic carbocycles. The molecular formula is C24H30N2O5. The summed E-state index contributed by atoms with van der Waals surface area (Å²) < 4.78 is 11.5. The fourth-order valence-electron chi connectivity index (χ4n) is 3.47. The number of carbonyl (C=O) groups is 2. The molecule has 7 nitrogen and oxygen atoms in total. The first-order valence-electron chi connectivity index (χ1n) is 10.4. The van der Waals surface area contributed by atoms with E-state index in [0.29, 0.717) is 48.4 Å². The summed E-state index contributed by atoms with van der Waals surface area (Å²) in [6.45, 7) is 7.32. The van der Waals surface area contributed by atoms with Crippen LogP contribution in [0.2, 0.25) is 0 Å². The minimum atomic E-state index is -0.783. The SMILES string of the molecule is Cc1ccc(C2/C(=C(/O)c3cccc(OCC(C)C)c3)C(=O)C(=O)N2CCN(C)C)o1. The Balaban J connectivity index is 2.05. The van der Waals surface area contributed by atoms with E-state index in [9.17, 15) is 14.7 Å². The minimum Gasteiger partial charge on any atom is -0.507 e. The van der Waals surface area contributed by atoms with E-state index in [0.717, 1.165) is 0 Å². The molecule has 3 rings (SSSR count). The number of aryl methyl sites for hydroxylation is 1. The standard InChI is InChI=1S/C24H30N2O5/c1-15(2)14-30-18-8-6-7-17(13-18)22(27)20-21(19-10-9-16(3)31-19)26(12-11-25(4)5)24(29)23(20)28/h6-10,13,15,21,27H,11-12,14H2,1-5H3/b22-20-. The highest BCUT2D eigenvalue weighted by atomic mass is 16.5. The van der Waals surface area contributed by atoms with Crippen LogP contribution in [0.5, 0.6) is 5.75 Å². The molecule has 1 saturated heterocycles. The number of carbonyl (C=O) groups excluding carboxylic acids is 2. The van der Waals surface area contributed by atoms with E-state index < -0.39 is 17.7 Å². The van der Waals surface area contributed by atoms with Gasteiger partial charge in [-0.2, -0.15) is 0 Å². The molecule has 0 spiro atoms. The van der Waals surface area contributed by atoms with E-state index in [1.165, 1.54) is 4.90 Å². The van der Waals surface area contributed by atoms with Crippen LogP contribution in [0.1, 0.15) is 37.0 Å². The highest BCUT2D eigenvalue weighted by Crippen LogP contribution is 2.40. The molecule has 31 heavy (non-hydrogen) atoms. The van der Waals surface area contributed by atoms with E-state index >= 15 is 0 Å². The van der Waals surface area contributed by atoms with Gasteiger partial charge in [-0.3, -0.25) is 9.59 Å². The Bertz CT molecular complexity index is 989. The smallest absolute Gasteiger partial charge is 0.295 e. The lowest BCUT2D eigenvalue weighted by Crippen LogP contribution is -2.35. The van der Waals surface area contributed by atoms with Crippen molar-refractivity contribution in [2.24, 2.45) is 5.92 Å². The van der Waals surface area contributed by atoms with Crippen LogP contribution in [0.3, 0.4) is 0 Å². The predicted molar refractivity (Wildman–Crippen MR) is 118 cm³/mol. The van der Waals surface area contributed by atoms with Gasteiger partial charge in [-0.05, 0) is 51.2 Å². The third kappa shape index (κ3) is 4.99. The van der Waals surface area contributed by atoms with E-state index in [1.54, 1.807) is 43.3 Å². The summed E-state index contributed by atoms with van der Waals surface area (Å²) in [5.74, 6) is 0.450. The molecule has 1 fully saturated rings. The van der Waals surface area contributed by atoms with Crippen LogP contribution in [-0.2, 0) is 9.59 Å². The van der Waals surface area contributed by atoms with Crippen molar-refractivity contribution < 1.29 is 23.8 Å². The van der Waals surface area contributed by atoms with Crippen molar-refractivity contribution in [2.45, 2.75) is 26.8 Å². The quantitative estimate of drug-likeness (QED) is 0.394. The maximum Gasteiger partial charge on any atom is 0.295 e. The Hall–Kier alpha value is -3.06. The third-order valence-corrected chi connectivity index (χ3v) is 5.05. The molecule has 2 heterocycles. The fourth-order valence-corrected chi connectivity index (χ4v) is 3.47. The number of amides is 1. The second kappa shape index (κ2) is 9.39. The Morgan fingerprint density at radius 3 is 2.58 bits per heavy atom. The molecule has 0 bridgehead atoms. The average molecular weight is 427 g/mol. The number of ketones is 1. The third-order valence-electron chi connectivity index (χ3n) is 5.05. The van der Waals surface area contributed by atoms with Gasteiger partial charge >= 0.3 is 0 Å². The van der Waals surface area contributed by atoms with Gasteiger partial charge in [0.2, 0.25) is 0 Å². The summed E-state index contributed by atoms with van der Waals surface area (Å²) in [5.41, 5.74) is 0.444. The average Bonchev–Trinajstić information content (AvgIpc) is 3.26. The molecule has 1 aliphatic rings. The van der Waals surface area contributed by atoms with Crippen molar-refractivity contribution >= 4 is 17.4 Å².